The zero-order valence-corrected chi connectivity index (χ0v) is 15.5. The van der Waals surface area contributed by atoms with Gasteiger partial charge in [-0.25, -0.2) is 14.8 Å². The van der Waals surface area contributed by atoms with Crippen LogP contribution in [0, 0.1) is 13.8 Å². The number of carbonyl (C=O) groups excluding carboxylic acids is 1. The first-order chi connectivity index (χ1) is 13.0. The Morgan fingerprint density at radius 1 is 1.11 bits per heavy atom. The molecular formula is C21H21N3O3. The summed E-state index contributed by atoms with van der Waals surface area (Å²) < 4.78 is 4.68. The molecule has 6 heteroatoms. The number of hydrogen-bond acceptors (Lipinski definition) is 6. The molecule has 2 N–H and O–H groups in total. The Bertz CT molecular complexity index is 972. The maximum Gasteiger partial charge on any atom is 0.337 e. The van der Waals surface area contributed by atoms with Gasteiger partial charge in [0.1, 0.15) is 17.4 Å². The molecule has 0 saturated heterocycles. The van der Waals surface area contributed by atoms with Crippen LogP contribution in [0.15, 0.2) is 48.5 Å². The highest BCUT2D eigenvalue weighted by molar-refractivity contribution is 5.90. The lowest BCUT2D eigenvalue weighted by molar-refractivity contribution is 0.0600. The maximum atomic E-state index is 11.6. The Balaban J connectivity index is 1.96. The van der Waals surface area contributed by atoms with E-state index in [9.17, 15) is 9.90 Å². The molecule has 0 radical (unpaired) electrons. The van der Waals surface area contributed by atoms with Gasteiger partial charge in [-0.15, -0.1) is 0 Å². The second kappa shape index (κ2) is 7.86. The van der Waals surface area contributed by atoms with Crippen molar-refractivity contribution in [1.29, 1.82) is 0 Å². The number of nitrogens with one attached hydrogen (secondary N) is 1. The number of rotatable bonds is 5. The summed E-state index contributed by atoms with van der Waals surface area (Å²) in [4.78, 5) is 20.6. The molecule has 0 saturated carbocycles. The van der Waals surface area contributed by atoms with Gasteiger partial charge in [0.15, 0.2) is 0 Å². The lowest BCUT2D eigenvalue weighted by Crippen LogP contribution is -2.07. The second-order valence-corrected chi connectivity index (χ2v) is 6.19. The van der Waals surface area contributed by atoms with E-state index in [1.807, 2.05) is 44.2 Å². The first-order valence-corrected chi connectivity index (χ1v) is 8.54. The van der Waals surface area contributed by atoms with E-state index in [2.05, 4.69) is 20.0 Å². The zero-order chi connectivity index (χ0) is 19.4. The van der Waals surface area contributed by atoms with Crippen molar-refractivity contribution < 1.29 is 14.6 Å². The molecule has 0 spiro atoms. The number of aryl methyl sites for hydroxylation is 2. The summed E-state index contributed by atoms with van der Waals surface area (Å²) in [7, 11) is 1.30. The van der Waals surface area contributed by atoms with Gasteiger partial charge in [-0.05, 0) is 37.6 Å². The summed E-state index contributed by atoms with van der Waals surface area (Å²) in [6.45, 7) is 3.77. The Hall–Kier alpha value is -3.41. The molecule has 0 aliphatic rings. The minimum absolute atomic E-state index is 0.0579. The molecule has 2 aromatic carbocycles. The zero-order valence-electron chi connectivity index (χ0n) is 15.5. The van der Waals surface area contributed by atoms with Crippen LogP contribution < -0.4 is 5.32 Å². The van der Waals surface area contributed by atoms with Crippen LogP contribution in [-0.4, -0.2) is 28.2 Å². The number of anilines is 2. The van der Waals surface area contributed by atoms with Gasteiger partial charge < -0.3 is 15.2 Å². The molecule has 0 aliphatic heterocycles. The smallest absolute Gasteiger partial charge is 0.337 e. The van der Waals surface area contributed by atoms with Crippen LogP contribution in [0.5, 0.6) is 5.75 Å². The molecule has 6 nitrogen and oxygen atoms in total. The van der Waals surface area contributed by atoms with E-state index in [-0.39, 0.29) is 11.3 Å². The summed E-state index contributed by atoms with van der Waals surface area (Å²) >= 11 is 0. The number of esters is 1. The molecular weight excluding hydrogens is 342 g/mol. The molecule has 0 bridgehead atoms. The minimum atomic E-state index is -0.504. The van der Waals surface area contributed by atoms with Crippen LogP contribution in [0.3, 0.4) is 0 Å². The monoisotopic (exact) mass is 363 g/mol. The summed E-state index contributed by atoms with van der Waals surface area (Å²) in [6, 6.07) is 14.6. The number of phenols is 1. The molecule has 0 fully saturated rings. The second-order valence-electron chi connectivity index (χ2n) is 6.19. The molecule has 138 valence electrons. The van der Waals surface area contributed by atoms with E-state index in [0.717, 1.165) is 16.8 Å². The van der Waals surface area contributed by atoms with Gasteiger partial charge >= 0.3 is 5.97 Å². The van der Waals surface area contributed by atoms with Gasteiger partial charge in [0, 0.05) is 17.7 Å². The van der Waals surface area contributed by atoms with Gasteiger partial charge in [0.25, 0.3) is 0 Å². The number of hydrogen-bond donors (Lipinski definition) is 2. The van der Waals surface area contributed by atoms with Gasteiger partial charge in [0.2, 0.25) is 0 Å². The Kier molecular flexibility index (Phi) is 5.35. The van der Waals surface area contributed by atoms with E-state index in [1.54, 1.807) is 12.1 Å². The van der Waals surface area contributed by atoms with E-state index >= 15 is 0 Å². The van der Waals surface area contributed by atoms with Crippen LogP contribution in [0.25, 0.3) is 0 Å². The molecule has 0 atom stereocenters. The van der Waals surface area contributed by atoms with Gasteiger partial charge in [-0.1, -0.05) is 30.3 Å². The average Bonchev–Trinajstić information content (AvgIpc) is 2.66. The fraction of sp³-hybridized carbons (Fsp3) is 0.190. The van der Waals surface area contributed by atoms with E-state index in [0.29, 0.717) is 23.8 Å². The van der Waals surface area contributed by atoms with Crippen LogP contribution in [-0.2, 0) is 11.2 Å². The SMILES string of the molecule is COC(=O)c1ccc(Nc2nc(C)nc(C)c2Cc2ccccc2)c(O)c1. The van der Waals surface area contributed by atoms with Crippen molar-refractivity contribution in [1.82, 2.24) is 9.97 Å². The molecule has 1 aromatic heterocycles. The first kappa shape index (κ1) is 18.4. The topological polar surface area (TPSA) is 84.3 Å². The molecule has 1 heterocycles. The summed E-state index contributed by atoms with van der Waals surface area (Å²) in [6.07, 6.45) is 0.663. The van der Waals surface area contributed by atoms with Crippen LogP contribution >= 0.6 is 0 Å². The van der Waals surface area contributed by atoms with Gasteiger partial charge in [-0.2, -0.15) is 0 Å². The number of phenolic OH excluding ortho intramolecular Hbond substituents is 1. The predicted octanol–water partition coefficient (Wildman–Crippen LogP) is 3.92. The van der Waals surface area contributed by atoms with E-state index < -0.39 is 5.97 Å². The molecule has 3 rings (SSSR count). The highest BCUT2D eigenvalue weighted by atomic mass is 16.5. The number of methoxy groups -OCH3 is 1. The van der Waals surface area contributed by atoms with Gasteiger partial charge in [-0.3, -0.25) is 0 Å². The molecule has 0 aliphatic carbocycles. The quantitative estimate of drug-likeness (QED) is 0.528. The number of aromatic hydroxyl groups is 1. The Morgan fingerprint density at radius 3 is 2.52 bits per heavy atom. The van der Waals surface area contributed by atoms with Crippen LogP contribution in [0.1, 0.15) is 33.0 Å². The third kappa shape index (κ3) is 4.23. The van der Waals surface area contributed by atoms with Crippen molar-refractivity contribution in [3.8, 4) is 5.75 Å². The third-order valence-electron chi connectivity index (χ3n) is 4.22. The Morgan fingerprint density at radius 2 is 1.85 bits per heavy atom. The van der Waals surface area contributed by atoms with Crippen molar-refractivity contribution in [2.45, 2.75) is 20.3 Å². The highest BCUT2D eigenvalue weighted by Gasteiger charge is 2.14. The number of aromatic nitrogens is 2. The number of nitrogens with zero attached hydrogens (tertiary/aromatic N) is 2. The van der Waals surface area contributed by atoms with Crippen molar-refractivity contribution in [3.05, 3.63) is 76.7 Å². The number of ether oxygens (including phenoxy) is 1. The lowest BCUT2D eigenvalue weighted by atomic mass is 10.0. The molecule has 3 aromatic rings. The summed E-state index contributed by atoms with van der Waals surface area (Å²) in [5.74, 6) is 0.704. The maximum absolute atomic E-state index is 11.6. The number of benzene rings is 2. The molecule has 0 unspecified atom stereocenters. The predicted molar refractivity (Wildman–Crippen MR) is 103 cm³/mol. The molecule has 27 heavy (non-hydrogen) atoms. The highest BCUT2D eigenvalue weighted by Crippen LogP contribution is 2.30. The van der Waals surface area contributed by atoms with E-state index in [1.165, 1.54) is 13.2 Å². The lowest BCUT2D eigenvalue weighted by Gasteiger charge is -2.15. The molecule has 0 amide bonds. The largest absolute Gasteiger partial charge is 0.506 e. The van der Waals surface area contributed by atoms with Gasteiger partial charge in [0.05, 0.1) is 18.4 Å². The average molecular weight is 363 g/mol. The third-order valence-corrected chi connectivity index (χ3v) is 4.22. The van der Waals surface area contributed by atoms with E-state index in [4.69, 9.17) is 0 Å². The van der Waals surface area contributed by atoms with Crippen molar-refractivity contribution >= 4 is 17.5 Å². The standard InChI is InChI=1S/C21H21N3O3/c1-13-17(11-15-7-5-4-6-8-15)20(23-14(2)22-13)24-18-10-9-16(12-19(18)25)21(26)27-3/h4-10,12,25H,11H2,1-3H3,(H,22,23,24). The fourth-order valence-corrected chi connectivity index (χ4v) is 2.86. The summed E-state index contributed by atoms with van der Waals surface area (Å²) in [5, 5.41) is 13.5. The Labute approximate surface area is 157 Å². The van der Waals surface area contributed by atoms with Crippen molar-refractivity contribution in [2.75, 3.05) is 12.4 Å². The van der Waals surface area contributed by atoms with Crippen molar-refractivity contribution in [3.63, 3.8) is 0 Å². The van der Waals surface area contributed by atoms with Crippen LogP contribution in [0.2, 0.25) is 0 Å². The first-order valence-electron chi connectivity index (χ1n) is 8.54. The normalized spacial score (nSPS) is 10.5. The fourth-order valence-electron chi connectivity index (χ4n) is 2.86. The minimum Gasteiger partial charge on any atom is -0.506 e. The van der Waals surface area contributed by atoms with Crippen LogP contribution in [0.4, 0.5) is 11.5 Å². The summed E-state index contributed by atoms with van der Waals surface area (Å²) in [5.41, 5.74) is 3.69. The number of carbonyl (C=O) groups is 1. The van der Waals surface area contributed by atoms with Crippen molar-refractivity contribution in [2.24, 2.45) is 0 Å².